The van der Waals surface area contributed by atoms with Crippen molar-refractivity contribution in [3.8, 4) is 10.8 Å². The molecule has 0 atom stereocenters. The predicted octanol–water partition coefficient (Wildman–Crippen LogP) is 3.27. The van der Waals surface area contributed by atoms with E-state index in [2.05, 4.69) is 10.3 Å². The van der Waals surface area contributed by atoms with E-state index in [4.69, 9.17) is 4.42 Å². The van der Waals surface area contributed by atoms with Crippen LogP contribution in [-0.4, -0.2) is 35.8 Å². The maximum atomic E-state index is 12.6. The van der Waals surface area contributed by atoms with Gasteiger partial charge in [0.1, 0.15) is 5.76 Å². The molecular weight excluding hydrogens is 362 g/mol. The van der Waals surface area contributed by atoms with Crippen molar-refractivity contribution in [2.45, 2.75) is 19.9 Å². The lowest BCUT2D eigenvalue weighted by Crippen LogP contribution is -2.28. The molecular formula is C20H21N3O3S. The zero-order valence-electron chi connectivity index (χ0n) is 15.5. The van der Waals surface area contributed by atoms with Gasteiger partial charge in [-0.15, -0.1) is 11.3 Å². The van der Waals surface area contributed by atoms with Gasteiger partial charge in [0.15, 0.2) is 0 Å². The van der Waals surface area contributed by atoms with E-state index in [1.54, 1.807) is 42.5 Å². The number of likely N-dealkylation sites (N-methyl/N-ethyl adjacent to an activating group) is 1. The normalized spacial score (nSPS) is 10.6. The molecule has 2 heterocycles. The number of hydrogen-bond acceptors (Lipinski definition) is 5. The van der Waals surface area contributed by atoms with Crippen molar-refractivity contribution in [2.24, 2.45) is 0 Å². The van der Waals surface area contributed by atoms with Crippen molar-refractivity contribution >= 4 is 23.2 Å². The zero-order chi connectivity index (χ0) is 19.4. The van der Waals surface area contributed by atoms with Gasteiger partial charge < -0.3 is 14.6 Å². The summed E-state index contributed by atoms with van der Waals surface area (Å²) in [5, 5.41) is 4.55. The summed E-state index contributed by atoms with van der Waals surface area (Å²) >= 11 is 1.55. The molecule has 0 saturated carbocycles. The first-order chi connectivity index (χ1) is 13.0. The minimum Gasteiger partial charge on any atom is -0.440 e. The van der Waals surface area contributed by atoms with E-state index in [0.29, 0.717) is 29.5 Å². The highest BCUT2D eigenvalue weighted by Gasteiger charge is 2.18. The molecule has 2 aromatic heterocycles. The fourth-order valence-corrected chi connectivity index (χ4v) is 3.29. The van der Waals surface area contributed by atoms with E-state index in [1.807, 2.05) is 36.6 Å². The summed E-state index contributed by atoms with van der Waals surface area (Å²) in [4.78, 5) is 31.2. The van der Waals surface area contributed by atoms with Gasteiger partial charge in [-0.05, 0) is 36.1 Å². The van der Waals surface area contributed by atoms with Crippen LogP contribution in [0.3, 0.4) is 0 Å². The fraction of sp³-hybridized carbons (Fsp3) is 0.250. The topological polar surface area (TPSA) is 75.4 Å². The van der Waals surface area contributed by atoms with Crippen molar-refractivity contribution in [1.82, 2.24) is 15.2 Å². The van der Waals surface area contributed by atoms with E-state index in [0.717, 1.165) is 10.4 Å². The van der Waals surface area contributed by atoms with Gasteiger partial charge in [-0.25, -0.2) is 4.98 Å². The Hall–Kier alpha value is -2.93. The lowest BCUT2D eigenvalue weighted by Gasteiger charge is -2.17. The number of aromatic nitrogens is 1. The number of nitrogens with zero attached hydrogens (tertiary/aromatic N) is 2. The average Bonchev–Trinajstić information content (AvgIpc) is 3.32. The summed E-state index contributed by atoms with van der Waals surface area (Å²) in [5.74, 6) is 1.04. The van der Waals surface area contributed by atoms with Crippen molar-refractivity contribution < 1.29 is 14.0 Å². The van der Waals surface area contributed by atoms with Crippen LogP contribution >= 0.6 is 11.3 Å². The standard InChI is InChI=1S/C20H21N3O3S/c1-13-16(22-20(26-13)17-5-4-10-27-17)11-18(24)23(3)12-14-6-8-15(9-7-14)19(25)21-2/h4-10H,11-12H2,1-3H3,(H,21,25). The van der Waals surface area contributed by atoms with Gasteiger partial charge in [0, 0.05) is 26.2 Å². The molecule has 0 aliphatic carbocycles. The van der Waals surface area contributed by atoms with E-state index in [1.165, 1.54) is 0 Å². The van der Waals surface area contributed by atoms with Crippen LogP contribution in [0.1, 0.15) is 27.4 Å². The Morgan fingerprint density at radius 1 is 1.22 bits per heavy atom. The number of carbonyl (C=O) groups is 2. The van der Waals surface area contributed by atoms with E-state index >= 15 is 0 Å². The van der Waals surface area contributed by atoms with Gasteiger partial charge in [-0.2, -0.15) is 0 Å². The van der Waals surface area contributed by atoms with Crippen LogP contribution in [0.4, 0.5) is 0 Å². The first-order valence-electron chi connectivity index (χ1n) is 8.53. The second kappa shape index (κ2) is 8.18. The highest BCUT2D eigenvalue weighted by atomic mass is 32.1. The third kappa shape index (κ3) is 4.43. The number of carbonyl (C=O) groups excluding carboxylic acids is 2. The van der Waals surface area contributed by atoms with Crippen LogP contribution in [0.5, 0.6) is 0 Å². The third-order valence-electron chi connectivity index (χ3n) is 4.23. The summed E-state index contributed by atoms with van der Waals surface area (Å²) in [6.45, 7) is 2.28. The summed E-state index contributed by atoms with van der Waals surface area (Å²) in [7, 11) is 3.35. The number of oxazole rings is 1. The molecule has 6 nitrogen and oxygen atoms in total. The van der Waals surface area contributed by atoms with Crippen molar-refractivity contribution in [2.75, 3.05) is 14.1 Å². The molecule has 7 heteroatoms. The number of benzene rings is 1. The molecule has 1 N–H and O–H groups in total. The largest absolute Gasteiger partial charge is 0.440 e. The Bertz CT molecular complexity index is 930. The van der Waals surface area contributed by atoms with Gasteiger partial charge in [-0.3, -0.25) is 9.59 Å². The smallest absolute Gasteiger partial charge is 0.251 e. The molecule has 3 rings (SSSR count). The SMILES string of the molecule is CNC(=O)c1ccc(CN(C)C(=O)Cc2nc(-c3cccs3)oc2C)cc1. The summed E-state index contributed by atoms with van der Waals surface area (Å²) in [6.07, 6.45) is 0.188. The summed E-state index contributed by atoms with van der Waals surface area (Å²) in [6, 6.07) is 11.1. The van der Waals surface area contributed by atoms with Gasteiger partial charge in [0.2, 0.25) is 11.8 Å². The van der Waals surface area contributed by atoms with Crippen LogP contribution in [0.15, 0.2) is 46.2 Å². The lowest BCUT2D eigenvalue weighted by atomic mass is 10.1. The van der Waals surface area contributed by atoms with Gasteiger partial charge in [-0.1, -0.05) is 18.2 Å². The minimum absolute atomic E-state index is 0.0421. The number of amides is 2. The van der Waals surface area contributed by atoms with Gasteiger partial charge in [0.25, 0.3) is 5.91 Å². The third-order valence-corrected chi connectivity index (χ3v) is 5.09. The monoisotopic (exact) mass is 383 g/mol. The van der Waals surface area contributed by atoms with E-state index in [-0.39, 0.29) is 18.2 Å². The lowest BCUT2D eigenvalue weighted by molar-refractivity contribution is -0.129. The second-order valence-electron chi connectivity index (χ2n) is 6.20. The Morgan fingerprint density at radius 3 is 2.59 bits per heavy atom. The molecule has 3 aromatic rings. The molecule has 0 fully saturated rings. The molecule has 0 radical (unpaired) electrons. The minimum atomic E-state index is -0.131. The first-order valence-corrected chi connectivity index (χ1v) is 9.41. The van der Waals surface area contributed by atoms with Crippen molar-refractivity contribution in [1.29, 1.82) is 0 Å². The summed E-state index contributed by atoms with van der Waals surface area (Å²) in [5.41, 5.74) is 2.20. The van der Waals surface area contributed by atoms with Crippen LogP contribution < -0.4 is 5.32 Å². The number of hydrogen-bond donors (Lipinski definition) is 1. The molecule has 0 aliphatic rings. The van der Waals surface area contributed by atoms with Crippen LogP contribution in [0.2, 0.25) is 0 Å². The summed E-state index contributed by atoms with van der Waals surface area (Å²) < 4.78 is 5.69. The average molecular weight is 383 g/mol. The van der Waals surface area contributed by atoms with Crippen molar-refractivity contribution in [3.05, 3.63) is 64.4 Å². The van der Waals surface area contributed by atoms with Crippen molar-refractivity contribution in [3.63, 3.8) is 0 Å². The zero-order valence-corrected chi connectivity index (χ0v) is 16.3. The van der Waals surface area contributed by atoms with Crippen LogP contribution in [0, 0.1) is 6.92 Å². The van der Waals surface area contributed by atoms with Crippen LogP contribution in [0.25, 0.3) is 10.8 Å². The van der Waals surface area contributed by atoms with E-state index < -0.39 is 0 Å². The molecule has 0 saturated heterocycles. The Morgan fingerprint density at radius 2 is 1.96 bits per heavy atom. The maximum Gasteiger partial charge on any atom is 0.251 e. The Labute approximate surface area is 161 Å². The molecule has 1 aromatic carbocycles. The quantitative estimate of drug-likeness (QED) is 0.709. The first kappa shape index (κ1) is 18.8. The second-order valence-corrected chi connectivity index (χ2v) is 7.15. The Balaban J connectivity index is 1.63. The predicted molar refractivity (Wildman–Crippen MR) is 105 cm³/mol. The van der Waals surface area contributed by atoms with Gasteiger partial charge in [0.05, 0.1) is 17.0 Å². The highest BCUT2D eigenvalue weighted by molar-refractivity contribution is 7.13. The molecule has 0 unspecified atom stereocenters. The molecule has 27 heavy (non-hydrogen) atoms. The molecule has 0 spiro atoms. The maximum absolute atomic E-state index is 12.6. The van der Waals surface area contributed by atoms with E-state index in [9.17, 15) is 9.59 Å². The van der Waals surface area contributed by atoms with Crippen LogP contribution in [-0.2, 0) is 17.8 Å². The highest BCUT2D eigenvalue weighted by Crippen LogP contribution is 2.26. The number of nitrogens with one attached hydrogen (secondary N) is 1. The Kier molecular flexibility index (Phi) is 5.71. The number of thiophene rings is 1. The number of aryl methyl sites for hydroxylation is 1. The number of rotatable bonds is 6. The molecule has 0 aliphatic heterocycles. The molecule has 0 bridgehead atoms. The molecule has 140 valence electrons. The molecule has 2 amide bonds. The van der Waals surface area contributed by atoms with Gasteiger partial charge >= 0.3 is 0 Å². The fourth-order valence-electron chi connectivity index (χ4n) is 2.64.